The summed E-state index contributed by atoms with van der Waals surface area (Å²) in [5.41, 5.74) is -0.556. The van der Waals surface area contributed by atoms with Gasteiger partial charge in [0.1, 0.15) is 11.8 Å². The van der Waals surface area contributed by atoms with Gasteiger partial charge >= 0.3 is 0 Å². The Labute approximate surface area is 89.7 Å². The zero-order chi connectivity index (χ0) is 10.2. The third-order valence-electron chi connectivity index (χ3n) is 1.80. The third kappa shape index (κ3) is 2.51. The Balaban J connectivity index is 2.96. The monoisotopic (exact) mass is 266 g/mol. The lowest BCUT2D eigenvalue weighted by Gasteiger charge is -2.20. The molecule has 1 aromatic rings. The first-order chi connectivity index (χ1) is 5.82. The molecule has 0 aliphatic rings. The van der Waals surface area contributed by atoms with Crippen LogP contribution in [0.4, 0.5) is 4.39 Å². The summed E-state index contributed by atoms with van der Waals surface area (Å²) >= 11 is 4.71. The summed E-state index contributed by atoms with van der Waals surface area (Å²) in [6, 6.07) is 1.81. The van der Waals surface area contributed by atoms with Gasteiger partial charge in [0.15, 0.2) is 0 Å². The number of thiophene rings is 1. The smallest absolute Gasteiger partial charge is 0.136 e. The van der Waals surface area contributed by atoms with E-state index < -0.39 is 11.8 Å². The Morgan fingerprint density at radius 3 is 2.46 bits per heavy atom. The van der Waals surface area contributed by atoms with Crippen molar-refractivity contribution >= 4 is 27.3 Å². The molecule has 74 valence electrons. The van der Waals surface area contributed by atoms with Gasteiger partial charge in [-0.1, -0.05) is 0 Å². The second-order valence-electron chi connectivity index (χ2n) is 3.57. The highest BCUT2D eigenvalue weighted by Gasteiger charge is 2.30. The van der Waals surface area contributed by atoms with Crippen LogP contribution in [0.3, 0.4) is 0 Å². The molecule has 0 amide bonds. The lowest BCUT2D eigenvalue weighted by molar-refractivity contribution is 0.0186. The first kappa shape index (κ1) is 11.1. The topological polar surface area (TPSA) is 20.2 Å². The Hall–Kier alpha value is 0.0700. The quantitative estimate of drug-likeness (QED) is 0.868. The molecule has 1 rings (SSSR count). The SMILES string of the molecule is Cc1cc(C(O)C(C)(C)F)sc1Br. The lowest BCUT2D eigenvalue weighted by Crippen LogP contribution is -2.22. The number of alkyl halides is 1. The van der Waals surface area contributed by atoms with Crippen LogP contribution in [0.2, 0.25) is 0 Å². The summed E-state index contributed by atoms with van der Waals surface area (Å²) in [4.78, 5) is 0.664. The molecule has 1 atom stereocenters. The molecule has 0 saturated carbocycles. The highest BCUT2D eigenvalue weighted by molar-refractivity contribution is 9.11. The van der Waals surface area contributed by atoms with Crippen molar-refractivity contribution in [3.8, 4) is 0 Å². The maximum absolute atomic E-state index is 13.4. The molecule has 1 unspecified atom stereocenters. The van der Waals surface area contributed by atoms with Crippen LogP contribution in [0, 0.1) is 6.92 Å². The molecule has 1 N–H and O–H groups in total. The van der Waals surface area contributed by atoms with E-state index in [9.17, 15) is 9.50 Å². The van der Waals surface area contributed by atoms with Gasteiger partial charge in [-0.15, -0.1) is 11.3 Å². The van der Waals surface area contributed by atoms with Gasteiger partial charge in [-0.3, -0.25) is 0 Å². The summed E-state index contributed by atoms with van der Waals surface area (Å²) in [6.45, 7) is 4.67. The average molecular weight is 267 g/mol. The predicted molar refractivity (Wildman–Crippen MR) is 56.9 cm³/mol. The van der Waals surface area contributed by atoms with Crippen LogP contribution in [-0.4, -0.2) is 10.8 Å². The first-order valence-electron chi connectivity index (χ1n) is 3.95. The fourth-order valence-electron chi connectivity index (χ4n) is 0.957. The maximum atomic E-state index is 13.4. The Kier molecular flexibility index (Phi) is 3.15. The molecule has 1 aromatic heterocycles. The Morgan fingerprint density at radius 1 is 1.62 bits per heavy atom. The molecule has 13 heavy (non-hydrogen) atoms. The van der Waals surface area contributed by atoms with E-state index in [-0.39, 0.29) is 0 Å². The maximum Gasteiger partial charge on any atom is 0.136 e. The molecule has 0 saturated heterocycles. The van der Waals surface area contributed by atoms with Crippen molar-refractivity contribution < 1.29 is 9.50 Å². The molecule has 0 aliphatic carbocycles. The zero-order valence-corrected chi connectivity index (χ0v) is 10.2. The molecule has 0 fully saturated rings. The minimum Gasteiger partial charge on any atom is -0.384 e. The van der Waals surface area contributed by atoms with Gasteiger partial charge in [-0.25, -0.2) is 4.39 Å². The van der Waals surface area contributed by atoms with Gasteiger partial charge in [0, 0.05) is 4.88 Å². The van der Waals surface area contributed by atoms with Crippen LogP contribution < -0.4 is 0 Å². The van der Waals surface area contributed by atoms with Crippen molar-refractivity contribution in [2.75, 3.05) is 0 Å². The van der Waals surface area contributed by atoms with Crippen LogP contribution in [-0.2, 0) is 0 Å². The van der Waals surface area contributed by atoms with Gasteiger partial charge in [-0.05, 0) is 48.3 Å². The van der Waals surface area contributed by atoms with E-state index >= 15 is 0 Å². The van der Waals surface area contributed by atoms with E-state index in [2.05, 4.69) is 15.9 Å². The van der Waals surface area contributed by atoms with Gasteiger partial charge in [0.2, 0.25) is 0 Å². The second kappa shape index (κ2) is 3.67. The zero-order valence-electron chi connectivity index (χ0n) is 7.77. The van der Waals surface area contributed by atoms with Crippen LogP contribution in [0.15, 0.2) is 9.85 Å². The van der Waals surface area contributed by atoms with Crippen molar-refractivity contribution in [2.45, 2.75) is 32.5 Å². The normalized spacial score (nSPS) is 14.6. The lowest BCUT2D eigenvalue weighted by atomic mass is 10.0. The number of aryl methyl sites for hydroxylation is 1. The van der Waals surface area contributed by atoms with E-state index in [4.69, 9.17) is 0 Å². The van der Waals surface area contributed by atoms with E-state index in [1.54, 1.807) is 6.07 Å². The summed E-state index contributed by atoms with van der Waals surface area (Å²) in [6.07, 6.45) is -1.04. The fourth-order valence-corrected chi connectivity index (χ4v) is 2.69. The molecule has 4 heteroatoms. The number of rotatable bonds is 2. The molecular weight excluding hydrogens is 255 g/mol. The summed E-state index contributed by atoms with van der Waals surface area (Å²) < 4.78 is 14.3. The van der Waals surface area contributed by atoms with Crippen molar-refractivity contribution in [1.29, 1.82) is 0 Å². The van der Waals surface area contributed by atoms with Crippen molar-refractivity contribution in [3.63, 3.8) is 0 Å². The molecule has 0 aliphatic heterocycles. The van der Waals surface area contributed by atoms with Crippen molar-refractivity contribution in [2.24, 2.45) is 0 Å². The summed E-state index contributed by atoms with van der Waals surface area (Å²) in [7, 11) is 0. The molecule has 0 bridgehead atoms. The van der Waals surface area contributed by atoms with Crippen LogP contribution >= 0.6 is 27.3 Å². The molecule has 0 aromatic carbocycles. The van der Waals surface area contributed by atoms with E-state index in [1.165, 1.54) is 25.2 Å². The number of aliphatic hydroxyl groups is 1. The van der Waals surface area contributed by atoms with E-state index in [0.717, 1.165) is 9.35 Å². The second-order valence-corrected chi connectivity index (χ2v) is 5.97. The van der Waals surface area contributed by atoms with Crippen LogP contribution in [0.25, 0.3) is 0 Å². The molecule has 0 radical (unpaired) electrons. The number of halogens is 2. The minimum absolute atomic E-state index is 0.664. The summed E-state index contributed by atoms with van der Waals surface area (Å²) in [5, 5.41) is 9.61. The van der Waals surface area contributed by atoms with Crippen LogP contribution in [0.5, 0.6) is 0 Å². The largest absolute Gasteiger partial charge is 0.384 e. The number of hydrogen-bond donors (Lipinski definition) is 1. The summed E-state index contributed by atoms with van der Waals surface area (Å²) in [5.74, 6) is 0. The van der Waals surface area contributed by atoms with Gasteiger partial charge in [-0.2, -0.15) is 0 Å². The molecule has 1 nitrogen and oxygen atoms in total. The first-order valence-corrected chi connectivity index (χ1v) is 5.56. The predicted octanol–water partition coefficient (Wildman–Crippen LogP) is 3.60. The number of aliphatic hydroxyl groups excluding tert-OH is 1. The van der Waals surface area contributed by atoms with Gasteiger partial charge in [0.25, 0.3) is 0 Å². The van der Waals surface area contributed by atoms with Gasteiger partial charge in [0.05, 0.1) is 3.79 Å². The fraction of sp³-hybridized carbons (Fsp3) is 0.556. The van der Waals surface area contributed by atoms with Crippen LogP contribution in [0.1, 0.15) is 30.4 Å². The van der Waals surface area contributed by atoms with E-state index in [1.807, 2.05) is 6.92 Å². The highest BCUT2D eigenvalue weighted by atomic mass is 79.9. The highest BCUT2D eigenvalue weighted by Crippen LogP contribution is 2.37. The standard InChI is InChI=1S/C9H12BrFOS/c1-5-4-6(13-8(5)10)7(12)9(2,3)11/h4,7,12H,1-3H3. The molecule has 0 spiro atoms. The molecule has 1 heterocycles. The molecular formula is C9H12BrFOS. The minimum atomic E-state index is -1.59. The van der Waals surface area contributed by atoms with Crippen molar-refractivity contribution in [3.05, 3.63) is 20.3 Å². The van der Waals surface area contributed by atoms with E-state index in [0.29, 0.717) is 4.88 Å². The number of hydrogen-bond acceptors (Lipinski definition) is 2. The van der Waals surface area contributed by atoms with Crippen molar-refractivity contribution in [1.82, 2.24) is 0 Å². The third-order valence-corrected chi connectivity index (χ3v) is 3.99. The Bertz CT molecular complexity index is 284. The van der Waals surface area contributed by atoms with Gasteiger partial charge < -0.3 is 5.11 Å². The Morgan fingerprint density at radius 2 is 2.15 bits per heavy atom. The average Bonchev–Trinajstić information content (AvgIpc) is 2.29.